The SMILES string of the molecule is Cc1cccnc1NC(=O)C1CCCN(C(=O)C=Cc2ccc(OCC#N)cc2)C1. The van der Waals surface area contributed by atoms with E-state index in [-0.39, 0.29) is 24.3 Å². The molecule has 154 valence electrons. The quantitative estimate of drug-likeness (QED) is 0.746. The Balaban J connectivity index is 1.56. The summed E-state index contributed by atoms with van der Waals surface area (Å²) in [7, 11) is 0. The summed E-state index contributed by atoms with van der Waals surface area (Å²) in [5, 5.41) is 11.4. The van der Waals surface area contributed by atoms with Crippen LogP contribution in [0.1, 0.15) is 24.0 Å². The van der Waals surface area contributed by atoms with Crippen LogP contribution in [0, 0.1) is 24.2 Å². The van der Waals surface area contributed by atoms with E-state index < -0.39 is 0 Å². The van der Waals surface area contributed by atoms with Crippen molar-refractivity contribution in [1.82, 2.24) is 9.88 Å². The van der Waals surface area contributed by atoms with Gasteiger partial charge in [0, 0.05) is 25.4 Å². The molecule has 0 saturated carbocycles. The van der Waals surface area contributed by atoms with E-state index in [2.05, 4.69) is 10.3 Å². The van der Waals surface area contributed by atoms with E-state index in [4.69, 9.17) is 10.00 Å². The third-order valence-electron chi connectivity index (χ3n) is 4.96. The highest BCUT2D eigenvalue weighted by molar-refractivity contribution is 5.94. The molecule has 1 atom stereocenters. The van der Waals surface area contributed by atoms with Crippen molar-refractivity contribution in [3.63, 3.8) is 0 Å². The number of aromatic nitrogens is 1. The van der Waals surface area contributed by atoms with E-state index >= 15 is 0 Å². The molecule has 0 radical (unpaired) electrons. The zero-order valence-electron chi connectivity index (χ0n) is 16.9. The molecule has 2 aromatic rings. The van der Waals surface area contributed by atoms with Crippen molar-refractivity contribution in [3.05, 3.63) is 59.8 Å². The Bertz CT molecular complexity index is 963. The van der Waals surface area contributed by atoms with Crippen molar-refractivity contribution in [2.24, 2.45) is 5.92 Å². The number of aryl methyl sites for hydroxylation is 1. The standard InChI is InChI=1S/C23H24N4O3/c1-17-4-2-13-25-22(17)26-23(29)19-5-3-14-27(16-19)21(28)11-8-18-6-9-20(10-7-18)30-15-12-24/h2,4,6-11,13,19H,3,5,14-16H2,1H3,(H,25,26,29). The molecular weight excluding hydrogens is 380 g/mol. The number of rotatable bonds is 6. The van der Waals surface area contributed by atoms with Crippen LogP contribution in [-0.2, 0) is 9.59 Å². The van der Waals surface area contributed by atoms with Gasteiger partial charge in [-0.25, -0.2) is 4.98 Å². The normalized spacial score (nSPS) is 16.1. The minimum absolute atomic E-state index is 0.00270. The van der Waals surface area contributed by atoms with Crippen LogP contribution in [0.4, 0.5) is 5.82 Å². The molecule has 1 aliphatic heterocycles. The van der Waals surface area contributed by atoms with Gasteiger partial charge in [0.15, 0.2) is 6.61 Å². The van der Waals surface area contributed by atoms with Gasteiger partial charge < -0.3 is 15.0 Å². The zero-order valence-corrected chi connectivity index (χ0v) is 16.9. The smallest absolute Gasteiger partial charge is 0.246 e. The lowest BCUT2D eigenvalue weighted by molar-refractivity contribution is -0.130. The Morgan fingerprint density at radius 3 is 2.87 bits per heavy atom. The molecule has 1 aliphatic rings. The molecule has 2 heterocycles. The van der Waals surface area contributed by atoms with E-state index in [0.29, 0.717) is 24.7 Å². The Hall–Kier alpha value is -3.66. The molecule has 7 nitrogen and oxygen atoms in total. The van der Waals surface area contributed by atoms with E-state index in [0.717, 1.165) is 24.0 Å². The largest absolute Gasteiger partial charge is 0.479 e. The Labute approximate surface area is 176 Å². The van der Waals surface area contributed by atoms with E-state index in [1.165, 1.54) is 6.08 Å². The van der Waals surface area contributed by atoms with Gasteiger partial charge in [0.25, 0.3) is 0 Å². The van der Waals surface area contributed by atoms with Crippen LogP contribution in [0.15, 0.2) is 48.7 Å². The van der Waals surface area contributed by atoms with E-state index in [1.807, 2.05) is 37.3 Å². The number of carbonyl (C=O) groups excluding carboxylic acids is 2. The predicted molar refractivity (Wildman–Crippen MR) is 113 cm³/mol. The molecule has 3 rings (SSSR count). The first-order valence-corrected chi connectivity index (χ1v) is 9.86. The maximum atomic E-state index is 12.6. The van der Waals surface area contributed by atoms with Gasteiger partial charge >= 0.3 is 0 Å². The summed E-state index contributed by atoms with van der Waals surface area (Å²) in [5.41, 5.74) is 1.76. The van der Waals surface area contributed by atoms with Gasteiger partial charge in [-0.05, 0) is 55.2 Å². The molecule has 2 amide bonds. The second-order valence-corrected chi connectivity index (χ2v) is 7.13. The summed E-state index contributed by atoms with van der Waals surface area (Å²) in [5.74, 6) is 0.688. The fourth-order valence-electron chi connectivity index (χ4n) is 3.29. The second-order valence-electron chi connectivity index (χ2n) is 7.13. The van der Waals surface area contributed by atoms with Crippen LogP contribution in [0.25, 0.3) is 6.08 Å². The maximum absolute atomic E-state index is 12.6. The van der Waals surface area contributed by atoms with Gasteiger partial charge in [-0.3, -0.25) is 9.59 Å². The van der Waals surface area contributed by atoms with Crippen molar-refractivity contribution in [2.45, 2.75) is 19.8 Å². The number of hydrogen-bond donors (Lipinski definition) is 1. The molecule has 0 aliphatic carbocycles. The molecule has 1 aromatic carbocycles. The molecule has 1 N–H and O–H groups in total. The average Bonchev–Trinajstić information content (AvgIpc) is 2.78. The molecule has 0 bridgehead atoms. The van der Waals surface area contributed by atoms with Crippen molar-refractivity contribution < 1.29 is 14.3 Å². The lowest BCUT2D eigenvalue weighted by Crippen LogP contribution is -2.43. The summed E-state index contributed by atoms with van der Waals surface area (Å²) in [4.78, 5) is 31.1. The number of anilines is 1. The second kappa shape index (κ2) is 10.2. The maximum Gasteiger partial charge on any atom is 0.246 e. The fraction of sp³-hybridized carbons (Fsp3) is 0.304. The number of hydrogen-bond acceptors (Lipinski definition) is 5. The average molecular weight is 404 g/mol. The van der Waals surface area contributed by atoms with Gasteiger partial charge in [-0.15, -0.1) is 0 Å². The first-order chi connectivity index (χ1) is 14.6. The monoisotopic (exact) mass is 404 g/mol. The van der Waals surface area contributed by atoms with Crippen molar-refractivity contribution in [2.75, 3.05) is 25.0 Å². The van der Waals surface area contributed by atoms with Crippen molar-refractivity contribution >= 4 is 23.7 Å². The summed E-state index contributed by atoms with van der Waals surface area (Å²) in [6, 6.07) is 12.8. The predicted octanol–water partition coefficient (Wildman–Crippen LogP) is 3.18. The van der Waals surface area contributed by atoms with Crippen LogP contribution >= 0.6 is 0 Å². The molecular formula is C23H24N4O3. The van der Waals surface area contributed by atoms with Gasteiger partial charge in [0.1, 0.15) is 17.6 Å². The minimum Gasteiger partial charge on any atom is -0.479 e. The van der Waals surface area contributed by atoms with Crippen LogP contribution in [0.5, 0.6) is 5.75 Å². The van der Waals surface area contributed by atoms with Crippen LogP contribution in [0.3, 0.4) is 0 Å². The number of carbonyl (C=O) groups is 2. The molecule has 1 saturated heterocycles. The summed E-state index contributed by atoms with van der Waals surface area (Å²) in [6.07, 6.45) is 6.43. The molecule has 30 heavy (non-hydrogen) atoms. The Morgan fingerprint density at radius 2 is 2.13 bits per heavy atom. The number of ether oxygens (including phenoxy) is 1. The number of amides is 2. The van der Waals surface area contributed by atoms with E-state index in [1.54, 1.807) is 29.3 Å². The number of benzene rings is 1. The third kappa shape index (κ3) is 5.67. The van der Waals surface area contributed by atoms with Gasteiger partial charge in [-0.1, -0.05) is 18.2 Å². The number of piperidine rings is 1. The van der Waals surface area contributed by atoms with Gasteiger partial charge in [0.2, 0.25) is 11.8 Å². The minimum atomic E-state index is -0.255. The molecule has 1 unspecified atom stereocenters. The lowest BCUT2D eigenvalue weighted by Gasteiger charge is -2.31. The first kappa shape index (κ1) is 21.1. The molecule has 7 heteroatoms. The molecule has 1 fully saturated rings. The first-order valence-electron chi connectivity index (χ1n) is 9.86. The van der Waals surface area contributed by atoms with Gasteiger partial charge in [-0.2, -0.15) is 5.26 Å². The van der Waals surface area contributed by atoms with Crippen molar-refractivity contribution in [3.8, 4) is 11.8 Å². The fourth-order valence-corrected chi connectivity index (χ4v) is 3.29. The van der Waals surface area contributed by atoms with Crippen LogP contribution in [0.2, 0.25) is 0 Å². The van der Waals surface area contributed by atoms with Crippen LogP contribution < -0.4 is 10.1 Å². The number of nitrogens with one attached hydrogen (secondary N) is 1. The number of likely N-dealkylation sites (tertiary alicyclic amines) is 1. The Morgan fingerprint density at radius 1 is 1.33 bits per heavy atom. The lowest BCUT2D eigenvalue weighted by atomic mass is 9.97. The zero-order chi connectivity index (χ0) is 21.3. The topological polar surface area (TPSA) is 95.3 Å². The molecule has 0 spiro atoms. The highest BCUT2D eigenvalue weighted by Gasteiger charge is 2.28. The number of pyridine rings is 1. The highest BCUT2D eigenvalue weighted by atomic mass is 16.5. The summed E-state index contributed by atoms with van der Waals surface area (Å²) >= 11 is 0. The Kier molecular flexibility index (Phi) is 7.17. The van der Waals surface area contributed by atoms with Crippen molar-refractivity contribution in [1.29, 1.82) is 5.26 Å². The highest BCUT2D eigenvalue weighted by Crippen LogP contribution is 2.20. The summed E-state index contributed by atoms with van der Waals surface area (Å²) in [6.45, 7) is 2.92. The number of nitriles is 1. The van der Waals surface area contributed by atoms with E-state index in [9.17, 15) is 9.59 Å². The number of nitrogens with zero attached hydrogens (tertiary/aromatic N) is 3. The van der Waals surface area contributed by atoms with Gasteiger partial charge in [0.05, 0.1) is 5.92 Å². The molecule has 1 aromatic heterocycles. The van der Waals surface area contributed by atoms with Crippen LogP contribution in [-0.4, -0.2) is 41.4 Å². The third-order valence-corrected chi connectivity index (χ3v) is 4.96. The summed E-state index contributed by atoms with van der Waals surface area (Å²) < 4.78 is 5.21.